The van der Waals surface area contributed by atoms with Gasteiger partial charge in [0.15, 0.2) is 0 Å². The normalized spacial score (nSPS) is 15.1. The first kappa shape index (κ1) is 15.0. The number of carbonyl (C=O) groups is 1. The first-order chi connectivity index (χ1) is 7.00. The Bertz CT molecular complexity index is 234. The fraction of sp³-hybridized carbons (Fsp3) is 0.857. The average Bonchev–Trinajstić information content (AvgIpc) is 1.97. The quantitative estimate of drug-likeness (QED) is 0.741. The molecule has 0 aromatic rings. The molecule has 0 heterocycles. The van der Waals surface area contributed by atoms with Gasteiger partial charge in [0.05, 0.1) is 0 Å². The van der Waals surface area contributed by atoms with E-state index in [2.05, 4.69) is 0 Å². The van der Waals surface area contributed by atoms with Gasteiger partial charge < -0.3 is 11.1 Å². The molecule has 0 bridgehead atoms. The molecule has 0 fully saturated rings. The maximum atomic E-state index is 12.0. The number of rotatable bonds is 3. The van der Waals surface area contributed by atoms with Gasteiger partial charge in [-0.3, -0.25) is 4.79 Å². The molecule has 1 atom stereocenters. The zero-order valence-corrected chi connectivity index (χ0v) is 8.12. The van der Waals surface area contributed by atoms with E-state index < -0.39 is 30.2 Å². The molecular weight excluding hydrogens is 242 g/mol. The Morgan fingerprint density at radius 2 is 1.56 bits per heavy atom. The number of nitrogens with one attached hydrogen (secondary N) is 1. The van der Waals surface area contributed by atoms with Crippen molar-refractivity contribution in [1.29, 1.82) is 0 Å². The van der Waals surface area contributed by atoms with Gasteiger partial charge >= 0.3 is 12.4 Å². The molecule has 96 valence electrons. The standard InChI is InChI=1S/C7H10F6N2O/c1-3(2-14)15-5(16)4(6(8,9)10)7(11,12)13/h3-4H,2,14H2,1H3,(H,15,16)/t3-/m1/s1. The maximum absolute atomic E-state index is 12.0. The van der Waals surface area contributed by atoms with Crippen LogP contribution in [0.25, 0.3) is 0 Å². The predicted octanol–water partition coefficient (Wildman–Crippen LogP) is 1.19. The van der Waals surface area contributed by atoms with Crippen LogP contribution in [0, 0.1) is 5.92 Å². The summed E-state index contributed by atoms with van der Waals surface area (Å²) >= 11 is 0. The van der Waals surface area contributed by atoms with Crippen molar-refractivity contribution >= 4 is 5.91 Å². The Kier molecular flexibility index (Phi) is 4.59. The molecule has 1 amide bonds. The fourth-order valence-corrected chi connectivity index (χ4v) is 0.868. The van der Waals surface area contributed by atoms with Crippen LogP contribution in [-0.2, 0) is 4.79 Å². The zero-order chi connectivity index (χ0) is 13.1. The number of hydrogen-bond donors (Lipinski definition) is 2. The number of hydrogen-bond acceptors (Lipinski definition) is 2. The predicted molar refractivity (Wildman–Crippen MR) is 42.3 cm³/mol. The van der Waals surface area contributed by atoms with E-state index >= 15 is 0 Å². The van der Waals surface area contributed by atoms with E-state index in [4.69, 9.17) is 5.73 Å². The molecule has 16 heavy (non-hydrogen) atoms. The lowest BCUT2D eigenvalue weighted by molar-refractivity contribution is -0.274. The van der Waals surface area contributed by atoms with Crippen molar-refractivity contribution in [2.75, 3.05) is 6.54 Å². The molecule has 0 aliphatic heterocycles. The summed E-state index contributed by atoms with van der Waals surface area (Å²) in [6.07, 6.45) is -11.3. The Hall–Kier alpha value is -0.990. The molecule has 0 unspecified atom stereocenters. The van der Waals surface area contributed by atoms with E-state index in [1.54, 1.807) is 0 Å². The van der Waals surface area contributed by atoms with Crippen molar-refractivity contribution in [3.8, 4) is 0 Å². The average molecular weight is 252 g/mol. The summed E-state index contributed by atoms with van der Waals surface area (Å²) in [6.45, 7) is 0.940. The van der Waals surface area contributed by atoms with Crippen LogP contribution in [0.3, 0.4) is 0 Å². The second-order valence-corrected chi connectivity index (χ2v) is 3.16. The minimum atomic E-state index is -5.67. The van der Waals surface area contributed by atoms with Crippen molar-refractivity contribution < 1.29 is 31.1 Å². The number of alkyl halides is 6. The third-order valence-electron chi connectivity index (χ3n) is 1.66. The van der Waals surface area contributed by atoms with Crippen LogP contribution in [0.15, 0.2) is 0 Å². The molecular formula is C7H10F6N2O. The van der Waals surface area contributed by atoms with Crippen LogP contribution in [0.4, 0.5) is 26.3 Å². The van der Waals surface area contributed by atoms with Gasteiger partial charge in [-0.25, -0.2) is 0 Å². The van der Waals surface area contributed by atoms with Crippen LogP contribution >= 0.6 is 0 Å². The summed E-state index contributed by atoms with van der Waals surface area (Å²) in [7, 11) is 0. The molecule has 0 aliphatic rings. The Morgan fingerprint density at radius 3 is 1.81 bits per heavy atom. The van der Waals surface area contributed by atoms with Crippen molar-refractivity contribution in [3.05, 3.63) is 0 Å². The Labute approximate surface area is 87.0 Å². The van der Waals surface area contributed by atoms with Crippen LogP contribution in [-0.4, -0.2) is 30.8 Å². The van der Waals surface area contributed by atoms with Gasteiger partial charge in [-0.05, 0) is 6.92 Å². The zero-order valence-electron chi connectivity index (χ0n) is 8.12. The van der Waals surface area contributed by atoms with Crippen LogP contribution in [0.2, 0.25) is 0 Å². The van der Waals surface area contributed by atoms with Crippen molar-refractivity contribution in [2.24, 2.45) is 11.7 Å². The topological polar surface area (TPSA) is 55.1 Å². The van der Waals surface area contributed by atoms with E-state index in [-0.39, 0.29) is 6.54 Å². The minimum Gasteiger partial charge on any atom is -0.352 e. The lowest BCUT2D eigenvalue weighted by atomic mass is 10.1. The monoisotopic (exact) mass is 252 g/mol. The smallest absolute Gasteiger partial charge is 0.352 e. The van der Waals surface area contributed by atoms with Crippen LogP contribution in [0.5, 0.6) is 0 Å². The molecule has 0 saturated heterocycles. The van der Waals surface area contributed by atoms with Gasteiger partial charge in [0.1, 0.15) is 0 Å². The van der Waals surface area contributed by atoms with Crippen LogP contribution in [0.1, 0.15) is 6.92 Å². The second kappa shape index (κ2) is 4.89. The Balaban J connectivity index is 4.87. The molecule has 0 aromatic heterocycles. The molecule has 3 nitrogen and oxygen atoms in total. The van der Waals surface area contributed by atoms with Gasteiger partial charge in [0.2, 0.25) is 11.8 Å². The molecule has 0 spiro atoms. The van der Waals surface area contributed by atoms with Crippen molar-refractivity contribution in [1.82, 2.24) is 5.32 Å². The number of amides is 1. The van der Waals surface area contributed by atoms with Gasteiger partial charge in [-0.2, -0.15) is 26.3 Å². The number of carbonyl (C=O) groups excluding carboxylic acids is 1. The third kappa shape index (κ3) is 4.25. The Morgan fingerprint density at radius 1 is 1.19 bits per heavy atom. The first-order valence-electron chi connectivity index (χ1n) is 4.14. The molecule has 0 rings (SSSR count). The van der Waals surface area contributed by atoms with Crippen molar-refractivity contribution in [2.45, 2.75) is 25.3 Å². The molecule has 0 saturated carbocycles. The second-order valence-electron chi connectivity index (χ2n) is 3.16. The number of nitrogens with two attached hydrogens (primary N) is 1. The van der Waals surface area contributed by atoms with E-state index in [0.717, 1.165) is 0 Å². The highest BCUT2D eigenvalue weighted by Crippen LogP contribution is 2.39. The summed E-state index contributed by atoms with van der Waals surface area (Å²) in [6, 6.07) is -0.959. The molecule has 3 N–H and O–H groups in total. The molecule has 0 radical (unpaired) electrons. The highest BCUT2D eigenvalue weighted by atomic mass is 19.4. The SMILES string of the molecule is C[C@H](CN)NC(=O)C(C(F)(F)F)C(F)(F)F. The van der Waals surface area contributed by atoms with Gasteiger partial charge in [0, 0.05) is 12.6 Å². The van der Waals surface area contributed by atoms with Crippen molar-refractivity contribution in [3.63, 3.8) is 0 Å². The summed E-state index contributed by atoms with van der Waals surface area (Å²) in [4.78, 5) is 10.8. The molecule has 9 heteroatoms. The van der Waals surface area contributed by atoms with E-state index in [1.807, 2.05) is 0 Å². The van der Waals surface area contributed by atoms with E-state index in [0.29, 0.717) is 0 Å². The highest BCUT2D eigenvalue weighted by molar-refractivity contribution is 5.80. The maximum Gasteiger partial charge on any atom is 0.409 e. The van der Waals surface area contributed by atoms with Gasteiger partial charge in [-0.15, -0.1) is 0 Å². The first-order valence-corrected chi connectivity index (χ1v) is 4.14. The molecule has 0 aliphatic carbocycles. The van der Waals surface area contributed by atoms with Gasteiger partial charge in [-0.1, -0.05) is 0 Å². The number of halogens is 6. The lowest BCUT2D eigenvalue weighted by Gasteiger charge is -2.23. The third-order valence-corrected chi connectivity index (χ3v) is 1.66. The minimum absolute atomic E-state index is 0.256. The largest absolute Gasteiger partial charge is 0.409 e. The summed E-state index contributed by atoms with van der Waals surface area (Å²) in [5.74, 6) is -6.16. The fourth-order valence-electron chi connectivity index (χ4n) is 0.868. The van der Waals surface area contributed by atoms with Crippen LogP contribution < -0.4 is 11.1 Å². The lowest BCUT2D eigenvalue weighted by Crippen LogP contribution is -2.51. The van der Waals surface area contributed by atoms with E-state index in [1.165, 1.54) is 12.2 Å². The summed E-state index contributed by atoms with van der Waals surface area (Å²) in [5.41, 5.74) is 4.96. The summed E-state index contributed by atoms with van der Waals surface area (Å²) < 4.78 is 72.1. The van der Waals surface area contributed by atoms with E-state index in [9.17, 15) is 31.1 Å². The highest BCUT2D eigenvalue weighted by Gasteiger charge is 2.61. The summed E-state index contributed by atoms with van der Waals surface area (Å²) in [5, 5.41) is 1.54. The van der Waals surface area contributed by atoms with Gasteiger partial charge in [0.25, 0.3) is 0 Å². The molecule has 0 aromatic carbocycles.